The molecule has 4 heteroatoms. The molecule has 0 spiro atoms. The third-order valence-corrected chi connectivity index (χ3v) is 2.90. The van der Waals surface area contributed by atoms with Gasteiger partial charge < -0.3 is 9.84 Å². The average Bonchev–Trinajstić information content (AvgIpc) is 2.46. The van der Waals surface area contributed by atoms with E-state index in [2.05, 4.69) is 4.74 Å². The molecule has 4 nitrogen and oxygen atoms in total. The predicted molar refractivity (Wildman–Crippen MR) is 74.6 cm³/mol. The summed E-state index contributed by atoms with van der Waals surface area (Å²) in [6.07, 6.45) is -0.0233. The number of rotatable bonds is 4. The Bertz CT molecular complexity index is 646. The molecule has 0 fully saturated rings. The molecular formula is C16H14O4. The molecule has 0 aliphatic heterocycles. The molecule has 0 heterocycles. The van der Waals surface area contributed by atoms with E-state index in [9.17, 15) is 9.59 Å². The Morgan fingerprint density at radius 1 is 1.05 bits per heavy atom. The summed E-state index contributed by atoms with van der Waals surface area (Å²) in [5, 5.41) is 8.82. The van der Waals surface area contributed by atoms with Crippen LogP contribution in [-0.2, 0) is 16.0 Å². The van der Waals surface area contributed by atoms with Crippen LogP contribution >= 0.6 is 0 Å². The van der Waals surface area contributed by atoms with E-state index in [1.165, 1.54) is 7.11 Å². The van der Waals surface area contributed by atoms with E-state index in [0.717, 1.165) is 16.7 Å². The Kier molecular flexibility index (Phi) is 4.15. The molecule has 2 aromatic rings. The quantitative estimate of drug-likeness (QED) is 0.868. The van der Waals surface area contributed by atoms with Crippen LogP contribution in [0.15, 0.2) is 48.5 Å². The van der Waals surface area contributed by atoms with Gasteiger partial charge in [-0.3, -0.25) is 4.79 Å². The van der Waals surface area contributed by atoms with Crippen molar-refractivity contribution in [3.05, 3.63) is 59.7 Å². The minimum absolute atomic E-state index is 0.0233. The van der Waals surface area contributed by atoms with Crippen molar-refractivity contribution in [3.8, 4) is 11.1 Å². The van der Waals surface area contributed by atoms with Crippen LogP contribution in [0, 0.1) is 0 Å². The molecule has 2 aromatic carbocycles. The van der Waals surface area contributed by atoms with Crippen molar-refractivity contribution < 1.29 is 19.4 Å². The normalized spacial score (nSPS) is 10.1. The van der Waals surface area contributed by atoms with Crippen molar-refractivity contribution in [2.24, 2.45) is 0 Å². The van der Waals surface area contributed by atoms with Crippen molar-refractivity contribution in [1.82, 2.24) is 0 Å². The highest BCUT2D eigenvalue weighted by atomic mass is 16.5. The Morgan fingerprint density at radius 2 is 1.70 bits per heavy atom. The van der Waals surface area contributed by atoms with Crippen LogP contribution in [0.2, 0.25) is 0 Å². The minimum atomic E-state index is -0.870. The number of hydrogen-bond donors (Lipinski definition) is 1. The number of carbonyl (C=O) groups excluding carboxylic acids is 1. The SMILES string of the molecule is COC(=O)c1cccc(-c2cccc(CC(=O)O)c2)c1. The lowest BCUT2D eigenvalue weighted by atomic mass is 10.00. The fourth-order valence-corrected chi connectivity index (χ4v) is 1.98. The average molecular weight is 270 g/mol. The fourth-order valence-electron chi connectivity index (χ4n) is 1.98. The van der Waals surface area contributed by atoms with Gasteiger partial charge in [-0.2, -0.15) is 0 Å². The fraction of sp³-hybridized carbons (Fsp3) is 0.125. The van der Waals surface area contributed by atoms with Crippen LogP contribution in [0.3, 0.4) is 0 Å². The number of aliphatic carboxylic acids is 1. The van der Waals surface area contributed by atoms with Gasteiger partial charge in [0.05, 0.1) is 19.1 Å². The van der Waals surface area contributed by atoms with Gasteiger partial charge in [-0.15, -0.1) is 0 Å². The van der Waals surface area contributed by atoms with Gasteiger partial charge in [-0.1, -0.05) is 36.4 Å². The maximum absolute atomic E-state index is 11.5. The highest BCUT2D eigenvalue weighted by Gasteiger charge is 2.08. The van der Waals surface area contributed by atoms with Crippen LogP contribution in [0.25, 0.3) is 11.1 Å². The molecule has 0 saturated heterocycles. The summed E-state index contributed by atoms with van der Waals surface area (Å²) < 4.78 is 4.69. The summed E-state index contributed by atoms with van der Waals surface area (Å²) in [7, 11) is 1.34. The molecule has 0 amide bonds. The monoisotopic (exact) mass is 270 g/mol. The first-order valence-electron chi connectivity index (χ1n) is 6.09. The lowest BCUT2D eigenvalue weighted by Crippen LogP contribution is -2.01. The molecule has 0 saturated carbocycles. The first kappa shape index (κ1) is 13.8. The van der Waals surface area contributed by atoms with E-state index < -0.39 is 11.9 Å². The van der Waals surface area contributed by atoms with Gasteiger partial charge in [0.2, 0.25) is 0 Å². The van der Waals surface area contributed by atoms with Crippen molar-refractivity contribution in [1.29, 1.82) is 0 Å². The van der Waals surface area contributed by atoms with Crippen LogP contribution in [0.4, 0.5) is 0 Å². The second-order valence-electron chi connectivity index (χ2n) is 4.34. The van der Waals surface area contributed by atoms with Crippen LogP contribution < -0.4 is 0 Å². The first-order chi connectivity index (χ1) is 9.60. The van der Waals surface area contributed by atoms with Crippen LogP contribution in [-0.4, -0.2) is 24.2 Å². The summed E-state index contributed by atoms with van der Waals surface area (Å²) in [6, 6.07) is 14.3. The smallest absolute Gasteiger partial charge is 0.337 e. The zero-order valence-corrected chi connectivity index (χ0v) is 11.0. The summed E-state index contributed by atoms with van der Waals surface area (Å²) in [5.74, 6) is -1.26. The van der Waals surface area contributed by atoms with E-state index in [1.807, 2.05) is 18.2 Å². The standard InChI is InChI=1S/C16H14O4/c1-20-16(19)14-7-3-6-13(10-14)12-5-2-4-11(8-12)9-15(17)18/h2-8,10H,9H2,1H3,(H,17,18). The Morgan fingerprint density at radius 3 is 2.35 bits per heavy atom. The van der Waals surface area contributed by atoms with Gasteiger partial charge >= 0.3 is 11.9 Å². The third kappa shape index (κ3) is 3.23. The number of esters is 1. The molecule has 0 aliphatic carbocycles. The molecule has 1 N–H and O–H groups in total. The predicted octanol–water partition coefficient (Wildman–Crippen LogP) is 2.77. The van der Waals surface area contributed by atoms with Gasteiger partial charge in [0.1, 0.15) is 0 Å². The highest BCUT2D eigenvalue weighted by molar-refractivity contribution is 5.91. The number of ether oxygens (including phenoxy) is 1. The molecule has 0 unspecified atom stereocenters. The lowest BCUT2D eigenvalue weighted by molar-refractivity contribution is -0.136. The number of carboxylic acid groups (broad SMARTS) is 1. The first-order valence-corrected chi connectivity index (χ1v) is 6.09. The molecule has 2 rings (SSSR count). The van der Waals surface area contributed by atoms with Gasteiger partial charge in [-0.05, 0) is 28.8 Å². The van der Waals surface area contributed by atoms with E-state index in [-0.39, 0.29) is 6.42 Å². The Balaban J connectivity index is 2.36. The molecule has 20 heavy (non-hydrogen) atoms. The van der Waals surface area contributed by atoms with Gasteiger partial charge in [0.25, 0.3) is 0 Å². The summed E-state index contributed by atoms with van der Waals surface area (Å²) >= 11 is 0. The molecule has 0 bridgehead atoms. The largest absolute Gasteiger partial charge is 0.481 e. The van der Waals surface area contributed by atoms with Crippen molar-refractivity contribution in [3.63, 3.8) is 0 Å². The topological polar surface area (TPSA) is 63.6 Å². The second-order valence-corrected chi connectivity index (χ2v) is 4.34. The molecule has 0 atom stereocenters. The maximum atomic E-state index is 11.5. The van der Waals surface area contributed by atoms with Gasteiger partial charge in [0, 0.05) is 0 Å². The second kappa shape index (κ2) is 6.02. The Labute approximate surface area is 116 Å². The number of carbonyl (C=O) groups is 2. The lowest BCUT2D eigenvalue weighted by Gasteiger charge is -2.06. The maximum Gasteiger partial charge on any atom is 0.337 e. The summed E-state index contributed by atoms with van der Waals surface area (Å²) in [5.41, 5.74) is 2.90. The van der Waals surface area contributed by atoms with Gasteiger partial charge in [-0.25, -0.2) is 4.79 Å². The summed E-state index contributed by atoms with van der Waals surface area (Å²) in [6.45, 7) is 0. The molecule has 102 valence electrons. The third-order valence-electron chi connectivity index (χ3n) is 2.90. The molecule has 0 aliphatic rings. The highest BCUT2D eigenvalue weighted by Crippen LogP contribution is 2.22. The molecular weight excluding hydrogens is 256 g/mol. The van der Waals surface area contributed by atoms with E-state index in [0.29, 0.717) is 5.56 Å². The van der Waals surface area contributed by atoms with Crippen LogP contribution in [0.1, 0.15) is 15.9 Å². The zero-order chi connectivity index (χ0) is 14.5. The number of benzene rings is 2. The summed E-state index contributed by atoms with van der Waals surface area (Å²) in [4.78, 5) is 22.2. The molecule has 0 aromatic heterocycles. The number of hydrogen-bond acceptors (Lipinski definition) is 3. The number of carboxylic acids is 1. The zero-order valence-electron chi connectivity index (χ0n) is 11.0. The van der Waals surface area contributed by atoms with Gasteiger partial charge in [0.15, 0.2) is 0 Å². The van der Waals surface area contributed by atoms with Crippen molar-refractivity contribution in [2.45, 2.75) is 6.42 Å². The number of methoxy groups -OCH3 is 1. The van der Waals surface area contributed by atoms with E-state index >= 15 is 0 Å². The van der Waals surface area contributed by atoms with E-state index in [1.54, 1.807) is 30.3 Å². The minimum Gasteiger partial charge on any atom is -0.481 e. The van der Waals surface area contributed by atoms with E-state index in [4.69, 9.17) is 5.11 Å². The van der Waals surface area contributed by atoms with Crippen molar-refractivity contribution in [2.75, 3.05) is 7.11 Å². The Hall–Kier alpha value is -2.62. The van der Waals surface area contributed by atoms with Crippen molar-refractivity contribution >= 4 is 11.9 Å². The molecule has 0 radical (unpaired) electrons. The van der Waals surface area contributed by atoms with Crippen LogP contribution in [0.5, 0.6) is 0 Å².